The third-order valence-corrected chi connectivity index (χ3v) is 5.63. The van der Waals surface area contributed by atoms with Crippen molar-refractivity contribution < 1.29 is 24.5 Å². The first-order valence-corrected chi connectivity index (χ1v) is 10.7. The van der Waals surface area contributed by atoms with E-state index in [9.17, 15) is 19.8 Å². The van der Waals surface area contributed by atoms with Gasteiger partial charge >= 0.3 is 0 Å². The van der Waals surface area contributed by atoms with Gasteiger partial charge in [0.1, 0.15) is 18.1 Å². The predicted molar refractivity (Wildman–Crippen MR) is 124 cm³/mol. The maximum absolute atomic E-state index is 12.9. The molecule has 0 bridgehead atoms. The Morgan fingerprint density at radius 1 is 0.970 bits per heavy atom. The van der Waals surface area contributed by atoms with Crippen molar-refractivity contribution in [2.45, 2.75) is 19.6 Å². The minimum atomic E-state index is -0.835. The average Bonchev–Trinajstić information content (AvgIpc) is 3.09. The summed E-state index contributed by atoms with van der Waals surface area (Å²) in [5, 5.41) is 20.5. The molecule has 2 N–H and O–H groups in total. The number of rotatable bonds is 7. The van der Waals surface area contributed by atoms with Gasteiger partial charge in [-0.2, -0.15) is 0 Å². The van der Waals surface area contributed by atoms with Crippen LogP contribution in [0.1, 0.15) is 28.3 Å². The molecule has 1 unspecified atom stereocenters. The maximum atomic E-state index is 12.9. The Hall–Kier alpha value is -3.90. The highest BCUT2D eigenvalue weighted by Gasteiger charge is 2.45. The number of benzene rings is 3. The minimum absolute atomic E-state index is 0.00230. The summed E-state index contributed by atoms with van der Waals surface area (Å²) >= 11 is 0. The molecule has 0 saturated carbocycles. The number of hydrogen-bond acceptors (Lipinski definition) is 5. The molecule has 0 spiro atoms. The highest BCUT2D eigenvalue weighted by Crippen LogP contribution is 2.40. The van der Waals surface area contributed by atoms with Crippen LogP contribution in [0.2, 0.25) is 0 Å². The fourth-order valence-electron chi connectivity index (χ4n) is 3.95. The second-order valence-electron chi connectivity index (χ2n) is 7.93. The number of carbonyl (C=O) groups is 2. The number of aliphatic hydroxyl groups is 2. The number of hydrogen-bond donors (Lipinski definition) is 2. The molecular weight excluding hydrogens is 418 g/mol. The van der Waals surface area contributed by atoms with E-state index in [0.29, 0.717) is 23.5 Å². The van der Waals surface area contributed by atoms with Crippen LogP contribution in [-0.4, -0.2) is 40.0 Å². The molecule has 0 aromatic heterocycles. The van der Waals surface area contributed by atoms with E-state index in [1.54, 1.807) is 36.4 Å². The number of aryl methyl sites for hydroxylation is 1. The van der Waals surface area contributed by atoms with Crippen LogP contribution < -0.4 is 4.74 Å². The van der Waals surface area contributed by atoms with Crippen molar-refractivity contribution in [2.75, 3.05) is 13.2 Å². The van der Waals surface area contributed by atoms with Crippen LogP contribution in [0.5, 0.6) is 5.75 Å². The normalized spacial score (nSPS) is 17.4. The smallest absolute Gasteiger partial charge is 0.295 e. The van der Waals surface area contributed by atoms with E-state index in [1.165, 1.54) is 4.90 Å². The van der Waals surface area contributed by atoms with E-state index in [-0.39, 0.29) is 24.5 Å². The minimum Gasteiger partial charge on any atom is -0.507 e. The van der Waals surface area contributed by atoms with E-state index >= 15 is 0 Å². The third kappa shape index (κ3) is 4.66. The molecule has 33 heavy (non-hydrogen) atoms. The molecule has 1 fully saturated rings. The lowest BCUT2D eigenvalue weighted by Gasteiger charge is -2.25. The fourth-order valence-corrected chi connectivity index (χ4v) is 3.95. The van der Waals surface area contributed by atoms with Crippen LogP contribution in [0.4, 0.5) is 0 Å². The highest BCUT2D eigenvalue weighted by molar-refractivity contribution is 6.46. The van der Waals surface area contributed by atoms with E-state index < -0.39 is 17.7 Å². The lowest BCUT2D eigenvalue weighted by molar-refractivity contribution is -0.140. The summed E-state index contributed by atoms with van der Waals surface area (Å²) in [6.07, 6.45) is 0. The van der Waals surface area contributed by atoms with Gasteiger partial charge in [-0.3, -0.25) is 9.59 Å². The molecule has 1 aliphatic heterocycles. The Morgan fingerprint density at radius 2 is 1.70 bits per heavy atom. The van der Waals surface area contributed by atoms with Crippen LogP contribution in [0.15, 0.2) is 84.4 Å². The molecule has 6 heteroatoms. The lowest BCUT2D eigenvalue weighted by Crippen LogP contribution is -2.32. The molecular formula is C27H25NO5. The standard InChI is InChI=1S/C27H25NO5/c1-18-10-12-20(13-11-18)25(30)23-24(28(14-15-29)27(32)26(23)31)21-8-5-9-22(16-21)33-17-19-6-3-2-4-7-19/h2-13,16,24,29-30H,14-15,17H2,1H3/b25-23+. The summed E-state index contributed by atoms with van der Waals surface area (Å²) in [7, 11) is 0. The van der Waals surface area contributed by atoms with Crippen molar-refractivity contribution in [2.24, 2.45) is 0 Å². The van der Waals surface area contributed by atoms with E-state index in [4.69, 9.17) is 4.74 Å². The Bertz CT molecular complexity index is 1180. The average molecular weight is 443 g/mol. The van der Waals surface area contributed by atoms with Crippen molar-refractivity contribution in [3.05, 3.63) is 107 Å². The van der Waals surface area contributed by atoms with Gasteiger partial charge in [-0.05, 0) is 30.2 Å². The van der Waals surface area contributed by atoms with E-state index in [2.05, 4.69) is 0 Å². The molecule has 3 aromatic carbocycles. The van der Waals surface area contributed by atoms with Gasteiger partial charge in [-0.25, -0.2) is 0 Å². The Kier molecular flexibility index (Phi) is 6.56. The van der Waals surface area contributed by atoms with Gasteiger partial charge in [0.15, 0.2) is 0 Å². The summed E-state index contributed by atoms with van der Waals surface area (Å²) in [5.74, 6) is -1.20. The van der Waals surface area contributed by atoms with E-state index in [1.807, 2.05) is 49.4 Å². The molecule has 1 aliphatic rings. The van der Waals surface area contributed by atoms with Gasteiger partial charge in [0, 0.05) is 12.1 Å². The topological polar surface area (TPSA) is 87.1 Å². The van der Waals surface area contributed by atoms with Crippen molar-refractivity contribution in [1.82, 2.24) is 4.90 Å². The number of carbonyl (C=O) groups excluding carboxylic acids is 2. The van der Waals surface area contributed by atoms with Crippen molar-refractivity contribution in [3.63, 3.8) is 0 Å². The number of ether oxygens (including phenoxy) is 1. The molecule has 1 atom stereocenters. The number of aliphatic hydroxyl groups excluding tert-OH is 2. The molecule has 1 saturated heterocycles. The third-order valence-electron chi connectivity index (χ3n) is 5.63. The Labute approximate surface area is 192 Å². The van der Waals surface area contributed by atoms with Crippen LogP contribution in [0.3, 0.4) is 0 Å². The quantitative estimate of drug-likeness (QED) is 0.328. The SMILES string of the molecule is Cc1ccc(/C(O)=C2\C(=O)C(=O)N(CCO)C2c2cccc(OCc3ccccc3)c2)cc1. The zero-order valence-corrected chi connectivity index (χ0v) is 18.3. The van der Waals surface area contributed by atoms with Gasteiger partial charge in [-0.15, -0.1) is 0 Å². The van der Waals surface area contributed by atoms with Crippen molar-refractivity contribution in [1.29, 1.82) is 0 Å². The summed E-state index contributed by atoms with van der Waals surface area (Å²) in [5.41, 5.74) is 3.07. The second-order valence-corrected chi connectivity index (χ2v) is 7.93. The van der Waals surface area contributed by atoms with Crippen LogP contribution in [-0.2, 0) is 16.2 Å². The molecule has 4 rings (SSSR count). The Balaban J connectivity index is 1.73. The second kappa shape index (κ2) is 9.71. The number of β-amino-alcohol motifs (C(OH)–C–C–N with tert-alkyl or cyclic N) is 1. The van der Waals surface area contributed by atoms with Gasteiger partial charge in [0.05, 0.1) is 18.2 Å². The molecule has 0 radical (unpaired) electrons. The van der Waals surface area contributed by atoms with Crippen molar-refractivity contribution in [3.8, 4) is 5.75 Å². The van der Waals surface area contributed by atoms with Gasteiger partial charge in [0.25, 0.3) is 11.7 Å². The van der Waals surface area contributed by atoms with E-state index in [0.717, 1.165) is 11.1 Å². The predicted octanol–water partition coefficient (Wildman–Crippen LogP) is 3.99. The molecule has 1 amide bonds. The van der Waals surface area contributed by atoms with Crippen LogP contribution in [0, 0.1) is 6.92 Å². The fraction of sp³-hybridized carbons (Fsp3) is 0.185. The zero-order chi connectivity index (χ0) is 23.4. The van der Waals surface area contributed by atoms with Gasteiger partial charge in [0.2, 0.25) is 0 Å². The summed E-state index contributed by atoms with van der Waals surface area (Å²) in [6.45, 7) is 1.95. The number of amides is 1. The molecule has 0 aliphatic carbocycles. The van der Waals surface area contributed by atoms with Gasteiger partial charge in [-0.1, -0.05) is 72.3 Å². The number of likely N-dealkylation sites (tertiary alicyclic amines) is 1. The number of nitrogens with zero attached hydrogens (tertiary/aromatic N) is 1. The molecule has 1 heterocycles. The first-order chi connectivity index (χ1) is 16.0. The lowest BCUT2D eigenvalue weighted by atomic mass is 9.95. The first-order valence-electron chi connectivity index (χ1n) is 10.7. The zero-order valence-electron chi connectivity index (χ0n) is 18.3. The molecule has 3 aromatic rings. The summed E-state index contributed by atoms with van der Waals surface area (Å²) in [4.78, 5) is 27.0. The summed E-state index contributed by atoms with van der Waals surface area (Å²) < 4.78 is 5.92. The monoisotopic (exact) mass is 443 g/mol. The largest absolute Gasteiger partial charge is 0.507 e. The van der Waals surface area contributed by atoms with Crippen LogP contribution >= 0.6 is 0 Å². The van der Waals surface area contributed by atoms with Crippen molar-refractivity contribution >= 4 is 17.4 Å². The van der Waals surface area contributed by atoms with Crippen LogP contribution in [0.25, 0.3) is 5.76 Å². The molecule has 168 valence electrons. The molecule has 6 nitrogen and oxygen atoms in total. The number of ketones is 1. The van der Waals surface area contributed by atoms with Gasteiger partial charge < -0.3 is 19.8 Å². The number of Topliss-reactive ketones (excluding diaryl/α,β-unsaturated/α-hetero) is 1. The summed E-state index contributed by atoms with van der Waals surface area (Å²) in [6, 6.07) is 23.1. The first kappa shape index (κ1) is 22.3. The maximum Gasteiger partial charge on any atom is 0.295 e. The highest BCUT2D eigenvalue weighted by atomic mass is 16.5. The Morgan fingerprint density at radius 3 is 2.39 bits per heavy atom.